The number of amides is 1. The van der Waals surface area contributed by atoms with Crippen LogP contribution in [0.1, 0.15) is 13.8 Å². The summed E-state index contributed by atoms with van der Waals surface area (Å²) in [5, 5.41) is 8.16. The maximum absolute atomic E-state index is 13.3. The van der Waals surface area contributed by atoms with E-state index in [1.807, 2.05) is 0 Å². The second-order valence-electron chi connectivity index (χ2n) is 4.09. The number of carbonyl (C=O) groups excluding carboxylic acids is 1. The number of nitrogens with one attached hydrogen (secondary N) is 3. The van der Waals surface area contributed by atoms with Crippen molar-refractivity contribution in [1.29, 1.82) is 0 Å². The molecule has 0 spiro atoms. The Balaban J connectivity index is 3.22. The zero-order valence-electron chi connectivity index (χ0n) is 9.70. The van der Waals surface area contributed by atoms with Crippen molar-refractivity contribution in [3.63, 3.8) is 0 Å². The highest BCUT2D eigenvalue weighted by Crippen LogP contribution is 2.22. The van der Waals surface area contributed by atoms with E-state index in [1.165, 1.54) is 0 Å². The molecule has 16 heavy (non-hydrogen) atoms. The number of rotatable bonds is 3. The van der Waals surface area contributed by atoms with Crippen molar-refractivity contribution in [1.82, 2.24) is 16.0 Å². The first-order chi connectivity index (χ1) is 7.29. The first-order valence-electron chi connectivity index (χ1n) is 4.85. The highest BCUT2D eigenvalue weighted by Gasteiger charge is 2.35. The molecule has 5 heteroatoms. The van der Waals surface area contributed by atoms with E-state index in [9.17, 15) is 9.18 Å². The SMILES string of the molecule is C=C(F)C1=C(C(=C)NC)NC(=O)C(C)(C)N1. The summed E-state index contributed by atoms with van der Waals surface area (Å²) in [6.45, 7) is 10.2. The summed E-state index contributed by atoms with van der Waals surface area (Å²) in [6.07, 6.45) is 0. The van der Waals surface area contributed by atoms with Gasteiger partial charge in [0.15, 0.2) is 0 Å². The molecular formula is C11H16FN3O. The van der Waals surface area contributed by atoms with E-state index in [2.05, 4.69) is 29.1 Å². The number of hydrogen-bond acceptors (Lipinski definition) is 3. The van der Waals surface area contributed by atoms with Gasteiger partial charge >= 0.3 is 0 Å². The molecular weight excluding hydrogens is 209 g/mol. The maximum Gasteiger partial charge on any atom is 0.249 e. The monoisotopic (exact) mass is 225 g/mol. The fourth-order valence-electron chi connectivity index (χ4n) is 1.32. The predicted octanol–water partition coefficient (Wildman–Crippen LogP) is 0.912. The first kappa shape index (κ1) is 12.3. The van der Waals surface area contributed by atoms with Crippen molar-refractivity contribution in [3.05, 3.63) is 36.1 Å². The van der Waals surface area contributed by atoms with Gasteiger partial charge in [-0.1, -0.05) is 13.2 Å². The van der Waals surface area contributed by atoms with Crippen LogP contribution in [0.2, 0.25) is 0 Å². The summed E-state index contributed by atoms with van der Waals surface area (Å²) in [6, 6.07) is 0. The molecule has 0 unspecified atom stereocenters. The third-order valence-electron chi connectivity index (χ3n) is 2.37. The largest absolute Gasteiger partial charge is 0.387 e. The zero-order chi connectivity index (χ0) is 12.5. The zero-order valence-corrected chi connectivity index (χ0v) is 9.70. The number of allylic oxidation sites excluding steroid dienone is 1. The molecule has 0 atom stereocenters. The molecule has 0 saturated heterocycles. The first-order valence-corrected chi connectivity index (χ1v) is 4.85. The lowest BCUT2D eigenvalue weighted by molar-refractivity contribution is -0.126. The lowest BCUT2D eigenvalue weighted by Crippen LogP contribution is -2.57. The van der Waals surface area contributed by atoms with Crippen molar-refractivity contribution in [2.75, 3.05) is 7.05 Å². The van der Waals surface area contributed by atoms with Crippen LogP contribution in [0.5, 0.6) is 0 Å². The van der Waals surface area contributed by atoms with Crippen molar-refractivity contribution in [2.24, 2.45) is 0 Å². The molecule has 1 aliphatic rings. The van der Waals surface area contributed by atoms with E-state index in [-0.39, 0.29) is 11.6 Å². The molecule has 0 aromatic rings. The molecule has 0 aliphatic carbocycles. The average Bonchev–Trinajstić information content (AvgIpc) is 2.20. The van der Waals surface area contributed by atoms with Gasteiger partial charge in [-0.15, -0.1) is 0 Å². The van der Waals surface area contributed by atoms with Gasteiger partial charge in [0.05, 0.1) is 17.1 Å². The summed E-state index contributed by atoms with van der Waals surface area (Å²) in [7, 11) is 1.64. The van der Waals surface area contributed by atoms with Crippen LogP contribution in [0.25, 0.3) is 0 Å². The molecule has 1 rings (SSSR count). The number of likely N-dealkylation sites (N-methyl/N-ethyl adjacent to an activating group) is 1. The van der Waals surface area contributed by atoms with E-state index in [0.717, 1.165) is 0 Å². The summed E-state index contributed by atoms with van der Waals surface area (Å²) >= 11 is 0. The molecule has 4 nitrogen and oxygen atoms in total. The second-order valence-corrected chi connectivity index (χ2v) is 4.09. The lowest BCUT2D eigenvalue weighted by atomic mass is 9.99. The Kier molecular flexibility index (Phi) is 3.07. The standard InChI is InChI=1S/C11H16FN3O/c1-6(12)8-9(7(2)13-5)14-10(16)11(3,4)15-8/h13,15H,1-2H2,3-5H3,(H,14,16). The number of halogens is 1. The third-order valence-corrected chi connectivity index (χ3v) is 2.37. The Morgan fingerprint density at radius 3 is 2.38 bits per heavy atom. The van der Waals surface area contributed by atoms with Crippen molar-refractivity contribution >= 4 is 5.91 Å². The molecule has 0 aromatic heterocycles. The van der Waals surface area contributed by atoms with Crippen LogP contribution in [0, 0.1) is 0 Å². The normalized spacial score (nSPS) is 18.6. The van der Waals surface area contributed by atoms with Gasteiger partial charge in [0.25, 0.3) is 0 Å². The van der Waals surface area contributed by atoms with E-state index in [4.69, 9.17) is 0 Å². The van der Waals surface area contributed by atoms with E-state index >= 15 is 0 Å². The second kappa shape index (κ2) is 4.00. The smallest absolute Gasteiger partial charge is 0.249 e. The maximum atomic E-state index is 13.3. The van der Waals surface area contributed by atoms with Gasteiger partial charge in [-0.3, -0.25) is 4.79 Å². The van der Waals surface area contributed by atoms with E-state index < -0.39 is 11.4 Å². The fraction of sp³-hybridized carbons (Fsp3) is 0.364. The molecule has 0 radical (unpaired) electrons. The molecule has 88 valence electrons. The van der Waals surface area contributed by atoms with Crippen LogP contribution < -0.4 is 16.0 Å². The summed E-state index contributed by atoms with van der Waals surface area (Å²) in [4.78, 5) is 11.7. The Bertz CT molecular complexity index is 396. The van der Waals surface area contributed by atoms with Gasteiger partial charge in [0.2, 0.25) is 5.91 Å². The molecule has 0 fully saturated rings. The van der Waals surface area contributed by atoms with Crippen molar-refractivity contribution in [3.8, 4) is 0 Å². The minimum absolute atomic E-state index is 0.156. The highest BCUT2D eigenvalue weighted by molar-refractivity contribution is 5.89. The quantitative estimate of drug-likeness (QED) is 0.669. The molecule has 0 aromatic carbocycles. The third kappa shape index (κ3) is 2.08. The molecule has 1 heterocycles. The van der Waals surface area contributed by atoms with Crippen molar-refractivity contribution in [2.45, 2.75) is 19.4 Å². The van der Waals surface area contributed by atoms with Crippen LogP contribution in [0.4, 0.5) is 4.39 Å². The summed E-state index contributed by atoms with van der Waals surface area (Å²) in [5.41, 5.74) is -0.00422. The van der Waals surface area contributed by atoms with Crippen LogP contribution in [-0.2, 0) is 4.79 Å². The molecule has 0 saturated carbocycles. The van der Waals surface area contributed by atoms with Crippen LogP contribution in [0.15, 0.2) is 36.1 Å². The Labute approximate surface area is 94.3 Å². The molecule has 1 aliphatic heterocycles. The van der Waals surface area contributed by atoms with Gasteiger partial charge in [-0.25, -0.2) is 4.39 Å². The van der Waals surface area contributed by atoms with Crippen LogP contribution in [-0.4, -0.2) is 18.5 Å². The molecule has 1 amide bonds. The predicted molar refractivity (Wildman–Crippen MR) is 60.8 cm³/mol. The van der Waals surface area contributed by atoms with E-state index in [0.29, 0.717) is 11.4 Å². The van der Waals surface area contributed by atoms with Gasteiger partial charge in [0, 0.05) is 7.05 Å². The number of hydrogen-bond donors (Lipinski definition) is 3. The average molecular weight is 225 g/mol. The van der Waals surface area contributed by atoms with Crippen LogP contribution >= 0.6 is 0 Å². The summed E-state index contributed by atoms with van der Waals surface area (Å²) < 4.78 is 13.3. The lowest BCUT2D eigenvalue weighted by Gasteiger charge is -2.34. The molecule has 3 N–H and O–H groups in total. The minimum Gasteiger partial charge on any atom is -0.387 e. The van der Waals surface area contributed by atoms with E-state index in [1.54, 1.807) is 20.9 Å². The van der Waals surface area contributed by atoms with Gasteiger partial charge in [0.1, 0.15) is 11.4 Å². The Morgan fingerprint density at radius 2 is 1.94 bits per heavy atom. The Hall–Kier alpha value is -1.78. The van der Waals surface area contributed by atoms with Gasteiger partial charge in [-0.05, 0) is 13.8 Å². The topological polar surface area (TPSA) is 53.2 Å². The number of carbonyl (C=O) groups is 1. The van der Waals surface area contributed by atoms with Gasteiger partial charge < -0.3 is 16.0 Å². The fourth-order valence-corrected chi connectivity index (χ4v) is 1.32. The molecule has 0 bridgehead atoms. The van der Waals surface area contributed by atoms with Crippen molar-refractivity contribution < 1.29 is 9.18 Å². The summed E-state index contributed by atoms with van der Waals surface area (Å²) in [5.74, 6) is -0.886. The van der Waals surface area contributed by atoms with Crippen LogP contribution in [0.3, 0.4) is 0 Å². The van der Waals surface area contributed by atoms with Gasteiger partial charge in [-0.2, -0.15) is 0 Å². The highest BCUT2D eigenvalue weighted by atomic mass is 19.1. The Morgan fingerprint density at radius 1 is 1.38 bits per heavy atom. The minimum atomic E-state index is -0.873.